The maximum Gasteiger partial charge on any atom is 0.358 e. The lowest BCUT2D eigenvalue weighted by Crippen LogP contribution is -2.51. The summed E-state index contributed by atoms with van der Waals surface area (Å²) < 4.78 is 29.1. The zero-order chi connectivity index (χ0) is 18.0. The first-order valence-corrected chi connectivity index (χ1v) is 7.56. The van der Waals surface area contributed by atoms with Crippen LogP contribution in [-0.4, -0.2) is 36.6 Å². The lowest BCUT2D eigenvalue weighted by molar-refractivity contribution is -0.175. The number of carbonyl (C=O) groups is 2. The summed E-state index contributed by atoms with van der Waals surface area (Å²) in [6, 6.07) is 3.78. The zero-order valence-electron chi connectivity index (χ0n) is 14.0. The second-order valence-corrected chi connectivity index (χ2v) is 6.27. The van der Waals surface area contributed by atoms with Crippen molar-refractivity contribution in [3.05, 3.63) is 35.6 Å². The van der Waals surface area contributed by atoms with Crippen LogP contribution in [0.4, 0.5) is 4.39 Å². The third kappa shape index (κ3) is 3.39. The molecule has 7 heteroatoms. The van der Waals surface area contributed by atoms with Gasteiger partial charge in [-0.15, -0.1) is 0 Å². The molecule has 24 heavy (non-hydrogen) atoms. The van der Waals surface area contributed by atoms with Gasteiger partial charge in [0.25, 0.3) is 5.60 Å². The Bertz CT molecular complexity index is 650. The van der Waals surface area contributed by atoms with Gasteiger partial charge in [0.1, 0.15) is 11.4 Å². The van der Waals surface area contributed by atoms with E-state index in [1.165, 1.54) is 24.3 Å². The standard InChI is InChI=1S/C17H20FNO5/c1-5-22-15(21)17(11-6-8-12(18)9-7-11)13(19-10-23-17)14(20)24-16(2,3)4/h6-10,13H,5H2,1-4H3/t13-,17-/m1/s1. The van der Waals surface area contributed by atoms with E-state index in [0.29, 0.717) is 0 Å². The summed E-state index contributed by atoms with van der Waals surface area (Å²) in [6.45, 7) is 6.83. The van der Waals surface area contributed by atoms with Crippen LogP contribution in [-0.2, 0) is 29.4 Å². The third-order valence-electron chi connectivity index (χ3n) is 3.32. The number of benzene rings is 1. The van der Waals surface area contributed by atoms with E-state index in [-0.39, 0.29) is 12.2 Å². The molecule has 2 rings (SSSR count). The predicted octanol–water partition coefficient (Wildman–Crippen LogP) is 2.35. The van der Waals surface area contributed by atoms with E-state index in [2.05, 4.69) is 4.99 Å². The maximum atomic E-state index is 13.2. The highest BCUT2D eigenvalue weighted by atomic mass is 19.1. The molecule has 0 saturated heterocycles. The zero-order valence-corrected chi connectivity index (χ0v) is 14.0. The second kappa shape index (κ2) is 6.59. The Morgan fingerprint density at radius 2 is 1.92 bits per heavy atom. The summed E-state index contributed by atoms with van der Waals surface area (Å²) in [4.78, 5) is 29.1. The lowest BCUT2D eigenvalue weighted by atomic mass is 9.86. The van der Waals surface area contributed by atoms with Gasteiger partial charge in [0, 0.05) is 5.56 Å². The van der Waals surface area contributed by atoms with E-state index in [0.717, 1.165) is 6.40 Å². The van der Waals surface area contributed by atoms with Gasteiger partial charge in [-0.25, -0.2) is 19.0 Å². The fourth-order valence-corrected chi connectivity index (χ4v) is 2.37. The van der Waals surface area contributed by atoms with Gasteiger partial charge in [0.15, 0.2) is 6.40 Å². The molecule has 1 aliphatic heterocycles. The number of ether oxygens (including phenoxy) is 3. The molecule has 2 atom stereocenters. The molecule has 0 amide bonds. The normalized spacial score (nSPS) is 22.8. The van der Waals surface area contributed by atoms with Crippen molar-refractivity contribution < 1.29 is 28.2 Å². The van der Waals surface area contributed by atoms with Crippen molar-refractivity contribution >= 4 is 18.3 Å². The summed E-state index contributed by atoms with van der Waals surface area (Å²) in [5, 5.41) is 0. The SMILES string of the molecule is CCOC(=O)[C@]1(c2ccc(F)cc2)OC=N[C@@H]1C(=O)OC(C)(C)C. The maximum absolute atomic E-state index is 13.2. The minimum absolute atomic E-state index is 0.0895. The van der Waals surface area contributed by atoms with Crippen LogP contribution < -0.4 is 0 Å². The minimum atomic E-state index is -1.83. The van der Waals surface area contributed by atoms with Gasteiger partial charge in [-0.05, 0) is 39.8 Å². The van der Waals surface area contributed by atoms with Crippen LogP contribution in [0, 0.1) is 5.82 Å². The van der Waals surface area contributed by atoms with Gasteiger partial charge in [-0.3, -0.25) is 0 Å². The molecule has 1 heterocycles. The molecule has 1 aromatic rings. The fourth-order valence-electron chi connectivity index (χ4n) is 2.37. The molecular formula is C17H20FNO5. The van der Waals surface area contributed by atoms with Gasteiger partial charge in [-0.2, -0.15) is 0 Å². The molecule has 130 valence electrons. The largest absolute Gasteiger partial charge is 0.463 e. The van der Waals surface area contributed by atoms with Crippen LogP contribution in [0.2, 0.25) is 0 Å². The van der Waals surface area contributed by atoms with Gasteiger partial charge in [0.05, 0.1) is 6.61 Å². The van der Waals surface area contributed by atoms with Crippen LogP contribution >= 0.6 is 0 Å². The van der Waals surface area contributed by atoms with E-state index in [1.807, 2.05) is 0 Å². The van der Waals surface area contributed by atoms with Crippen molar-refractivity contribution in [3.63, 3.8) is 0 Å². The summed E-state index contributed by atoms with van der Waals surface area (Å²) in [6.07, 6.45) is 1.02. The number of halogens is 1. The first kappa shape index (κ1) is 17.9. The van der Waals surface area contributed by atoms with Crippen molar-refractivity contribution in [2.45, 2.75) is 44.9 Å². The van der Waals surface area contributed by atoms with Crippen molar-refractivity contribution in [2.75, 3.05) is 6.61 Å². The summed E-state index contributed by atoms with van der Waals surface area (Å²) in [5.74, 6) is -2.00. The number of aliphatic imine (C=N–C) groups is 1. The van der Waals surface area contributed by atoms with Crippen molar-refractivity contribution in [3.8, 4) is 0 Å². The minimum Gasteiger partial charge on any atom is -0.463 e. The van der Waals surface area contributed by atoms with Crippen LogP contribution in [0.25, 0.3) is 0 Å². The number of hydrogen-bond donors (Lipinski definition) is 0. The average molecular weight is 337 g/mol. The molecule has 1 aliphatic rings. The van der Waals surface area contributed by atoms with E-state index < -0.39 is 35.0 Å². The summed E-state index contributed by atoms with van der Waals surface area (Å²) in [7, 11) is 0. The summed E-state index contributed by atoms with van der Waals surface area (Å²) >= 11 is 0. The number of hydrogen-bond acceptors (Lipinski definition) is 6. The molecule has 0 radical (unpaired) electrons. The summed E-state index contributed by atoms with van der Waals surface area (Å²) in [5.41, 5.74) is -2.33. The Hall–Kier alpha value is -2.44. The highest BCUT2D eigenvalue weighted by Crippen LogP contribution is 2.37. The quantitative estimate of drug-likeness (QED) is 0.789. The Balaban J connectivity index is 2.47. The molecule has 0 spiro atoms. The van der Waals surface area contributed by atoms with Crippen LogP contribution in [0.15, 0.2) is 29.3 Å². The lowest BCUT2D eigenvalue weighted by Gasteiger charge is -2.31. The van der Waals surface area contributed by atoms with Gasteiger partial charge in [-0.1, -0.05) is 12.1 Å². The number of nitrogens with zero attached hydrogens (tertiary/aromatic N) is 1. The molecule has 0 unspecified atom stereocenters. The highest BCUT2D eigenvalue weighted by Gasteiger charge is 2.58. The molecule has 0 saturated carbocycles. The van der Waals surface area contributed by atoms with Crippen molar-refractivity contribution in [2.24, 2.45) is 4.99 Å². The van der Waals surface area contributed by atoms with Crippen LogP contribution in [0.3, 0.4) is 0 Å². The highest BCUT2D eigenvalue weighted by molar-refractivity contribution is 5.94. The monoisotopic (exact) mass is 337 g/mol. The smallest absolute Gasteiger partial charge is 0.358 e. The second-order valence-electron chi connectivity index (χ2n) is 6.27. The molecule has 6 nitrogen and oxygen atoms in total. The van der Waals surface area contributed by atoms with Crippen LogP contribution in [0.1, 0.15) is 33.3 Å². The fraction of sp³-hybridized carbons (Fsp3) is 0.471. The molecule has 0 bridgehead atoms. The van der Waals surface area contributed by atoms with Crippen molar-refractivity contribution in [1.29, 1.82) is 0 Å². The number of carbonyl (C=O) groups excluding carboxylic acids is 2. The Kier molecular flexibility index (Phi) is 4.91. The first-order chi connectivity index (χ1) is 11.2. The van der Waals surface area contributed by atoms with E-state index in [9.17, 15) is 14.0 Å². The van der Waals surface area contributed by atoms with E-state index >= 15 is 0 Å². The first-order valence-electron chi connectivity index (χ1n) is 7.56. The van der Waals surface area contributed by atoms with Crippen molar-refractivity contribution in [1.82, 2.24) is 0 Å². The van der Waals surface area contributed by atoms with Gasteiger partial charge >= 0.3 is 11.9 Å². The molecule has 0 fully saturated rings. The Labute approximate surface area is 139 Å². The Morgan fingerprint density at radius 3 is 2.46 bits per heavy atom. The number of rotatable bonds is 4. The van der Waals surface area contributed by atoms with Gasteiger partial charge < -0.3 is 14.2 Å². The van der Waals surface area contributed by atoms with Gasteiger partial charge in [0.2, 0.25) is 6.04 Å². The third-order valence-corrected chi connectivity index (χ3v) is 3.32. The molecule has 0 aromatic heterocycles. The van der Waals surface area contributed by atoms with Crippen LogP contribution in [0.5, 0.6) is 0 Å². The molecular weight excluding hydrogens is 317 g/mol. The molecule has 0 N–H and O–H groups in total. The number of esters is 2. The topological polar surface area (TPSA) is 74.2 Å². The predicted molar refractivity (Wildman–Crippen MR) is 83.9 cm³/mol. The average Bonchev–Trinajstić information content (AvgIpc) is 2.92. The van der Waals surface area contributed by atoms with E-state index in [4.69, 9.17) is 14.2 Å². The van der Waals surface area contributed by atoms with E-state index in [1.54, 1.807) is 27.7 Å². The molecule has 0 aliphatic carbocycles. The molecule has 1 aromatic carbocycles. The Morgan fingerprint density at radius 1 is 1.29 bits per heavy atom.